The highest BCUT2D eigenvalue weighted by Crippen LogP contribution is 2.26. The number of nitrogens with zero attached hydrogens (tertiary/aromatic N) is 2. The van der Waals surface area contributed by atoms with E-state index in [1.165, 1.54) is 0 Å². The molecule has 0 saturated carbocycles. The molecule has 0 aliphatic rings. The first-order valence-corrected chi connectivity index (χ1v) is 5.73. The van der Waals surface area contributed by atoms with Gasteiger partial charge in [-0.1, -0.05) is 0 Å². The number of ether oxygens (including phenoxy) is 3. The molecule has 0 aliphatic carbocycles. The zero-order valence-corrected chi connectivity index (χ0v) is 11.0. The van der Waals surface area contributed by atoms with Crippen LogP contribution in [-0.4, -0.2) is 43.9 Å². The molecule has 0 amide bonds. The molecule has 1 rings (SSSR count). The number of aromatic nitrogens is 2. The Bertz CT molecular complexity index is 374. The Labute approximate surface area is 107 Å². The molecule has 7 heteroatoms. The van der Waals surface area contributed by atoms with Crippen molar-refractivity contribution in [2.75, 3.05) is 45.0 Å². The van der Waals surface area contributed by atoms with Crippen molar-refractivity contribution in [3.63, 3.8) is 0 Å². The maximum Gasteiger partial charge on any atom is 0.243 e. The molecule has 0 fully saturated rings. The Morgan fingerprint density at radius 1 is 1.17 bits per heavy atom. The van der Waals surface area contributed by atoms with E-state index in [0.29, 0.717) is 49.6 Å². The van der Waals surface area contributed by atoms with E-state index in [0.717, 1.165) is 0 Å². The summed E-state index contributed by atoms with van der Waals surface area (Å²) < 4.78 is 15.4. The predicted molar refractivity (Wildman–Crippen MR) is 68.7 cm³/mol. The van der Waals surface area contributed by atoms with Crippen LogP contribution in [0.15, 0.2) is 0 Å². The predicted octanol–water partition coefficient (Wildman–Crippen LogP) is 0.662. The van der Waals surface area contributed by atoms with Gasteiger partial charge in [0.2, 0.25) is 5.88 Å². The molecular formula is C11H20N4O3. The second-order valence-electron chi connectivity index (χ2n) is 3.51. The Morgan fingerprint density at radius 2 is 1.94 bits per heavy atom. The van der Waals surface area contributed by atoms with E-state index in [4.69, 9.17) is 19.9 Å². The summed E-state index contributed by atoms with van der Waals surface area (Å²) in [5.41, 5.74) is 6.32. The normalized spacial score (nSPS) is 10.4. The third kappa shape index (κ3) is 4.01. The molecule has 7 nitrogen and oxygen atoms in total. The van der Waals surface area contributed by atoms with E-state index in [-0.39, 0.29) is 0 Å². The van der Waals surface area contributed by atoms with Crippen LogP contribution in [0.5, 0.6) is 5.88 Å². The Hall–Kier alpha value is -1.60. The van der Waals surface area contributed by atoms with Gasteiger partial charge in [-0.15, -0.1) is 0 Å². The van der Waals surface area contributed by atoms with Crippen LogP contribution in [0.25, 0.3) is 0 Å². The van der Waals surface area contributed by atoms with Crippen LogP contribution >= 0.6 is 0 Å². The van der Waals surface area contributed by atoms with Crippen molar-refractivity contribution in [3.8, 4) is 5.88 Å². The number of nitrogen functional groups attached to an aromatic ring is 1. The fourth-order valence-electron chi connectivity index (χ4n) is 1.32. The van der Waals surface area contributed by atoms with E-state index >= 15 is 0 Å². The van der Waals surface area contributed by atoms with E-state index in [1.54, 1.807) is 14.2 Å². The second kappa shape index (κ2) is 7.67. The zero-order chi connectivity index (χ0) is 13.4. The molecule has 0 saturated heterocycles. The summed E-state index contributed by atoms with van der Waals surface area (Å²) >= 11 is 0. The highest BCUT2D eigenvalue weighted by Gasteiger charge is 2.12. The van der Waals surface area contributed by atoms with Gasteiger partial charge in [-0.3, -0.25) is 0 Å². The Balaban J connectivity index is 2.90. The van der Waals surface area contributed by atoms with Crippen molar-refractivity contribution < 1.29 is 14.2 Å². The number of hydrogen-bond donors (Lipinski definition) is 2. The monoisotopic (exact) mass is 256 g/mol. The van der Waals surface area contributed by atoms with Crippen LogP contribution in [0.3, 0.4) is 0 Å². The van der Waals surface area contributed by atoms with Crippen LogP contribution in [0.2, 0.25) is 0 Å². The number of anilines is 2. The van der Waals surface area contributed by atoms with Gasteiger partial charge in [0.15, 0.2) is 11.6 Å². The lowest BCUT2D eigenvalue weighted by molar-refractivity contribution is 0.142. The summed E-state index contributed by atoms with van der Waals surface area (Å²) in [4.78, 5) is 8.46. The number of methoxy groups -OCH3 is 2. The molecule has 1 heterocycles. The number of nitrogens with two attached hydrogens (primary N) is 1. The maximum absolute atomic E-state index is 5.92. The number of nitrogens with one attached hydrogen (secondary N) is 1. The minimum atomic E-state index is 0.305. The fourth-order valence-corrected chi connectivity index (χ4v) is 1.32. The van der Waals surface area contributed by atoms with E-state index in [2.05, 4.69) is 15.3 Å². The molecule has 18 heavy (non-hydrogen) atoms. The molecular weight excluding hydrogens is 236 g/mol. The summed E-state index contributed by atoms with van der Waals surface area (Å²) in [6, 6.07) is 0. The first-order valence-electron chi connectivity index (χ1n) is 5.73. The van der Waals surface area contributed by atoms with Gasteiger partial charge in [0.25, 0.3) is 0 Å². The number of rotatable bonds is 8. The average Bonchev–Trinajstić information content (AvgIpc) is 2.35. The molecule has 0 bridgehead atoms. The lowest BCUT2D eigenvalue weighted by atomic mass is 10.4. The second-order valence-corrected chi connectivity index (χ2v) is 3.51. The number of hydrogen-bond acceptors (Lipinski definition) is 7. The Morgan fingerprint density at radius 3 is 2.56 bits per heavy atom. The zero-order valence-electron chi connectivity index (χ0n) is 11.0. The van der Waals surface area contributed by atoms with E-state index in [1.807, 2.05) is 6.92 Å². The summed E-state index contributed by atoms with van der Waals surface area (Å²) in [5, 5.41) is 3.06. The molecule has 0 aliphatic heterocycles. The molecule has 0 radical (unpaired) electrons. The van der Waals surface area contributed by atoms with Gasteiger partial charge in [0.05, 0.1) is 6.61 Å². The van der Waals surface area contributed by atoms with Crippen molar-refractivity contribution in [3.05, 3.63) is 5.82 Å². The fraction of sp³-hybridized carbons (Fsp3) is 0.636. The van der Waals surface area contributed by atoms with Gasteiger partial charge in [-0.25, -0.2) is 4.98 Å². The smallest absolute Gasteiger partial charge is 0.243 e. The van der Waals surface area contributed by atoms with E-state index < -0.39 is 0 Å². The largest absolute Gasteiger partial charge is 0.474 e. The van der Waals surface area contributed by atoms with Gasteiger partial charge >= 0.3 is 0 Å². The van der Waals surface area contributed by atoms with Crippen LogP contribution < -0.4 is 15.8 Å². The van der Waals surface area contributed by atoms with Gasteiger partial charge < -0.3 is 25.3 Å². The molecule has 1 aromatic rings. The molecule has 0 spiro atoms. The van der Waals surface area contributed by atoms with Crippen LogP contribution in [-0.2, 0) is 16.1 Å². The summed E-state index contributed by atoms with van der Waals surface area (Å²) in [5.74, 6) is 1.44. The molecule has 102 valence electrons. The van der Waals surface area contributed by atoms with Gasteiger partial charge in [0, 0.05) is 20.8 Å². The van der Waals surface area contributed by atoms with E-state index in [9.17, 15) is 0 Å². The van der Waals surface area contributed by atoms with Crippen LogP contribution in [0.1, 0.15) is 12.7 Å². The minimum Gasteiger partial charge on any atom is -0.474 e. The average molecular weight is 256 g/mol. The first kappa shape index (κ1) is 14.5. The van der Waals surface area contributed by atoms with Crippen LogP contribution in [0, 0.1) is 0 Å². The highest BCUT2D eigenvalue weighted by molar-refractivity contribution is 5.66. The summed E-state index contributed by atoms with van der Waals surface area (Å²) in [6.07, 6.45) is 0. The van der Waals surface area contributed by atoms with Crippen LogP contribution in [0.4, 0.5) is 11.5 Å². The van der Waals surface area contributed by atoms with Gasteiger partial charge in [-0.2, -0.15) is 4.98 Å². The molecule has 0 atom stereocenters. The van der Waals surface area contributed by atoms with Crippen molar-refractivity contribution in [2.45, 2.75) is 13.5 Å². The Kier molecular flexibility index (Phi) is 6.16. The summed E-state index contributed by atoms with van der Waals surface area (Å²) in [6.45, 7) is 3.84. The lowest BCUT2D eigenvalue weighted by Crippen LogP contribution is -2.13. The van der Waals surface area contributed by atoms with Gasteiger partial charge in [-0.05, 0) is 6.92 Å². The molecule has 0 aromatic carbocycles. The topological polar surface area (TPSA) is 91.5 Å². The third-order valence-electron chi connectivity index (χ3n) is 2.10. The van der Waals surface area contributed by atoms with Crippen molar-refractivity contribution in [1.29, 1.82) is 0 Å². The third-order valence-corrected chi connectivity index (χ3v) is 2.10. The highest BCUT2D eigenvalue weighted by atomic mass is 16.5. The molecule has 0 unspecified atom stereocenters. The quantitative estimate of drug-likeness (QED) is 0.660. The first-order chi connectivity index (χ1) is 8.72. The molecule has 3 N–H and O–H groups in total. The lowest BCUT2D eigenvalue weighted by Gasteiger charge is -2.13. The molecule has 1 aromatic heterocycles. The standard InChI is InChI=1S/C11H20N4O3/c1-4-13-10-9(12)11(18-6-5-16-2)15-8(14-10)7-17-3/h4-7,12H2,1-3H3,(H,13,14,15). The SMILES string of the molecule is CCNc1nc(COC)nc(OCCOC)c1N. The minimum absolute atomic E-state index is 0.305. The maximum atomic E-state index is 5.92. The van der Waals surface area contributed by atoms with Crippen molar-refractivity contribution in [1.82, 2.24) is 9.97 Å². The van der Waals surface area contributed by atoms with Gasteiger partial charge in [0.1, 0.15) is 18.9 Å². The van der Waals surface area contributed by atoms with Crippen molar-refractivity contribution in [2.24, 2.45) is 0 Å². The summed E-state index contributed by atoms with van der Waals surface area (Å²) in [7, 11) is 3.19. The van der Waals surface area contributed by atoms with Crippen molar-refractivity contribution >= 4 is 11.5 Å².